The van der Waals surface area contributed by atoms with Crippen molar-refractivity contribution in [3.63, 3.8) is 0 Å². The van der Waals surface area contributed by atoms with E-state index in [1.807, 2.05) is 0 Å². The predicted octanol–water partition coefficient (Wildman–Crippen LogP) is 2.86. The van der Waals surface area contributed by atoms with E-state index in [2.05, 4.69) is 80.4 Å². The van der Waals surface area contributed by atoms with Crippen LogP contribution in [0.1, 0.15) is 31.9 Å². The molecule has 3 nitrogen and oxygen atoms in total. The molecule has 0 heterocycles. The standard InChI is InChI=1S/C18H33N3/c1-6-12-21(14-13-20(4)5)15-16(2)18(19-3)17-10-8-7-9-11-17/h7-11,16,18-19H,6,12-15H2,1-5H3. The van der Waals surface area contributed by atoms with Gasteiger partial charge in [-0.25, -0.2) is 0 Å². The summed E-state index contributed by atoms with van der Waals surface area (Å²) in [5.41, 5.74) is 1.39. The Morgan fingerprint density at radius 3 is 2.24 bits per heavy atom. The smallest absolute Gasteiger partial charge is 0.0355 e. The van der Waals surface area contributed by atoms with E-state index in [0.717, 1.165) is 19.6 Å². The van der Waals surface area contributed by atoms with Crippen molar-refractivity contribution in [2.24, 2.45) is 5.92 Å². The van der Waals surface area contributed by atoms with Gasteiger partial charge in [-0.2, -0.15) is 0 Å². The highest BCUT2D eigenvalue weighted by Gasteiger charge is 2.19. The Morgan fingerprint density at radius 2 is 1.71 bits per heavy atom. The summed E-state index contributed by atoms with van der Waals surface area (Å²) in [6, 6.07) is 11.2. The third-order valence-electron chi connectivity index (χ3n) is 3.99. The Kier molecular flexibility index (Phi) is 8.58. The molecule has 0 bridgehead atoms. The van der Waals surface area contributed by atoms with E-state index in [1.54, 1.807) is 0 Å². The molecule has 1 aromatic carbocycles. The summed E-state index contributed by atoms with van der Waals surface area (Å²) in [5, 5.41) is 3.49. The van der Waals surface area contributed by atoms with Gasteiger partial charge >= 0.3 is 0 Å². The van der Waals surface area contributed by atoms with E-state index in [-0.39, 0.29) is 0 Å². The van der Waals surface area contributed by atoms with Gasteiger partial charge in [0.25, 0.3) is 0 Å². The van der Waals surface area contributed by atoms with Gasteiger partial charge in [-0.1, -0.05) is 44.2 Å². The first-order chi connectivity index (χ1) is 10.1. The summed E-state index contributed by atoms with van der Waals surface area (Å²) in [6.07, 6.45) is 1.22. The van der Waals surface area contributed by atoms with Gasteiger partial charge in [0.2, 0.25) is 0 Å². The van der Waals surface area contributed by atoms with Crippen LogP contribution in [0.4, 0.5) is 0 Å². The molecular formula is C18H33N3. The van der Waals surface area contributed by atoms with Crippen molar-refractivity contribution in [3.8, 4) is 0 Å². The molecular weight excluding hydrogens is 258 g/mol. The van der Waals surface area contributed by atoms with Crippen LogP contribution in [0.25, 0.3) is 0 Å². The maximum absolute atomic E-state index is 3.49. The van der Waals surface area contributed by atoms with Gasteiger partial charge in [0.15, 0.2) is 0 Å². The van der Waals surface area contributed by atoms with Crippen LogP contribution < -0.4 is 5.32 Å². The van der Waals surface area contributed by atoms with Crippen molar-refractivity contribution in [1.82, 2.24) is 15.1 Å². The van der Waals surface area contributed by atoms with Crippen molar-refractivity contribution in [2.45, 2.75) is 26.3 Å². The zero-order valence-electron chi connectivity index (χ0n) is 14.5. The van der Waals surface area contributed by atoms with Gasteiger partial charge < -0.3 is 15.1 Å². The molecule has 0 fully saturated rings. The molecule has 2 unspecified atom stereocenters. The minimum Gasteiger partial charge on any atom is -0.313 e. The molecule has 0 aliphatic heterocycles. The molecule has 0 saturated heterocycles. The third kappa shape index (κ3) is 6.60. The Morgan fingerprint density at radius 1 is 1.05 bits per heavy atom. The van der Waals surface area contributed by atoms with Crippen LogP contribution in [0, 0.1) is 5.92 Å². The molecule has 0 aromatic heterocycles. The van der Waals surface area contributed by atoms with E-state index in [1.165, 1.54) is 18.5 Å². The van der Waals surface area contributed by atoms with Gasteiger partial charge in [-0.15, -0.1) is 0 Å². The average Bonchev–Trinajstić information content (AvgIpc) is 2.47. The van der Waals surface area contributed by atoms with Gasteiger partial charge in [-0.3, -0.25) is 0 Å². The summed E-state index contributed by atoms with van der Waals surface area (Å²) in [7, 11) is 6.36. The Balaban J connectivity index is 2.63. The monoisotopic (exact) mass is 291 g/mol. The number of nitrogens with zero attached hydrogens (tertiary/aromatic N) is 2. The van der Waals surface area contributed by atoms with Crippen LogP contribution in [0.3, 0.4) is 0 Å². The van der Waals surface area contributed by atoms with Crippen LogP contribution in [0.2, 0.25) is 0 Å². The number of benzene rings is 1. The van der Waals surface area contributed by atoms with Gasteiger partial charge in [-0.05, 0) is 45.6 Å². The van der Waals surface area contributed by atoms with Crippen molar-refractivity contribution >= 4 is 0 Å². The molecule has 2 atom stereocenters. The SMILES string of the molecule is CCCN(CCN(C)C)CC(C)C(NC)c1ccccc1. The maximum atomic E-state index is 3.49. The second-order valence-corrected chi connectivity index (χ2v) is 6.26. The lowest BCUT2D eigenvalue weighted by Crippen LogP contribution is -2.38. The zero-order chi connectivity index (χ0) is 15.7. The summed E-state index contributed by atoms with van der Waals surface area (Å²) < 4.78 is 0. The van der Waals surface area contributed by atoms with Crippen LogP contribution >= 0.6 is 0 Å². The zero-order valence-corrected chi connectivity index (χ0v) is 14.5. The summed E-state index contributed by atoms with van der Waals surface area (Å²) in [4.78, 5) is 4.86. The van der Waals surface area contributed by atoms with E-state index in [4.69, 9.17) is 0 Å². The predicted molar refractivity (Wildman–Crippen MR) is 92.7 cm³/mol. The molecule has 0 aliphatic rings. The molecule has 0 spiro atoms. The lowest BCUT2D eigenvalue weighted by molar-refractivity contribution is 0.196. The van der Waals surface area contributed by atoms with Gasteiger partial charge in [0, 0.05) is 25.7 Å². The lowest BCUT2D eigenvalue weighted by Gasteiger charge is -2.31. The van der Waals surface area contributed by atoms with Crippen molar-refractivity contribution < 1.29 is 0 Å². The molecule has 1 rings (SSSR count). The molecule has 1 N–H and O–H groups in total. The summed E-state index contributed by atoms with van der Waals surface area (Å²) >= 11 is 0. The highest BCUT2D eigenvalue weighted by Crippen LogP contribution is 2.22. The Hall–Kier alpha value is -0.900. The van der Waals surface area contributed by atoms with Crippen molar-refractivity contribution in [1.29, 1.82) is 0 Å². The molecule has 0 saturated carbocycles. The highest BCUT2D eigenvalue weighted by molar-refractivity contribution is 5.19. The second kappa shape index (κ2) is 9.93. The molecule has 0 amide bonds. The highest BCUT2D eigenvalue weighted by atomic mass is 15.2. The minimum atomic E-state index is 0.421. The molecule has 3 heteroatoms. The molecule has 21 heavy (non-hydrogen) atoms. The summed E-state index contributed by atoms with van der Waals surface area (Å²) in [6.45, 7) is 9.22. The normalized spacial score (nSPS) is 14.6. The third-order valence-corrected chi connectivity index (χ3v) is 3.99. The number of nitrogens with one attached hydrogen (secondary N) is 1. The molecule has 0 radical (unpaired) electrons. The first-order valence-electron chi connectivity index (χ1n) is 8.17. The van der Waals surface area contributed by atoms with Crippen molar-refractivity contribution in [3.05, 3.63) is 35.9 Å². The Labute approximate surface area is 131 Å². The second-order valence-electron chi connectivity index (χ2n) is 6.26. The van der Waals surface area contributed by atoms with E-state index < -0.39 is 0 Å². The first kappa shape index (κ1) is 18.1. The fraction of sp³-hybridized carbons (Fsp3) is 0.667. The Bertz CT molecular complexity index is 364. The fourth-order valence-corrected chi connectivity index (χ4v) is 2.90. The quantitative estimate of drug-likeness (QED) is 0.715. The average molecular weight is 291 g/mol. The minimum absolute atomic E-state index is 0.421. The van der Waals surface area contributed by atoms with Crippen LogP contribution in [0.15, 0.2) is 30.3 Å². The first-order valence-corrected chi connectivity index (χ1v) is 8.17. The number of hydrogen-bond acceptors (Lipinski definition) is 3. The summed E-state index contributed by atoms with van der Waals surface area (Å²) in [5.74, 6) is 0.589. The van der Waals surface area contributed by atoms with E-state index in [9.17, 15) is 0 Å². The number of rotatable bonds is 10. The number of hydrogen-bond donors (Lipinski definition) is 1. The van der Waals surface area contributed by atoms with Crippen LogP contribution in [-0.4, -0.2) is 57.1 Å². The number of likely N-dealkylation sites (N-methyl/N-ethyl adjacent to an activating group) is 1. The fourth-order valence-electron chi connectivity index (χ4n) is 2.90. The van der Waals surface area contributed by atoms with Gasteiger partial charge in [0.1, 0.15) is 0 Å². The lowest BCUT2D eigenvalue weighted by atomic mass is 9.94. The van der Waals surface area contributed by atoms with Crippen LogP contribution in [0.5, 0.6) is 0 Å². The molecule has 120 valence electrons. The molecule has 1 aromatic rings. The van der Waals surface area contributed by atoms with E-state index >= 15 is 0 Å². The van der Waals surface area contributed by atoms with E-state index in [0.29, 0.717) is 12.0 Å². The molecule has 0 aliphatic carbocycles. The topological polar surface area (TPSA) is 18.5 Å². The van der Waals surface area contributed by atoms with Gasteiger partial charge in [0.05, 0.1) is 0 Å². The largest absolute Gasteiger partial charge is 0.313 e. The van der Waals surface area contributed by atoms with Crippen molar-refractivity contribution in [2.75, 3.05) is 47.3 Å². The maximum Gasteiger partial charge on any atom is 0.0355 e. The van der Waals surface area contributed by atoms with Crippen LogP contribution in [-0.2, 0) is 0 Å².